The highest BCUT2D eigenvalue weighted by molar-refractivity contribution is 6.36. The van der Waals surface area contributed by atoms with Crippen molar-refractivity contribution >= 4 is 57.0 Å². The molecule has 0 radical (unpaired) electrons. The SMILES string of the molecule is Clc1ccc(C2=NC(c3ccccc3)NC(c3ccc4ccccc4c3)=N2)c2c3c(oc12)NCC=C3. The maximum atomic E-state index is 6.56. The molecule has 5 aromatic rings. The van der Waals surface area contributed by atoms with Crippen molar-refractivity contribution in [3.05, 3.63) is 118 Å². The van der Waals surface area contributed by atoms with Crippen molar-refractivity contribution in [2.24, 2.45) is 9.98 Å². The smallest absolute Gasteiger partial charge is 0.201 e. The Labute approximate surface area is 212 Å². The van der Waals surface area contributed by atoms with Gasteiger partial charge in [-0.2, -0.15) is 0 Å². The van der Waals surface area contributed by atoms with Gasteiger partial charge in [-0.1, -0.05) is 90.5 Å². The highest BCUT2D eigenvalue weighted by Crippen LogP contribution is 2.39. The number of hydrogen-bond donors (Lipinski definition) is 2. The lowest BCUT2D eigenvalue weighted by Gasteiger charge is -2.24. The van der Waals surface area contributed by atoms with E-state index < -0.39 is 0 Å². The zero-order chi connectivity index (χ0) is 24.1. The maximum absolute atomic E-state index is 6.56. The van der Waals surface area contributed by atoms with Crippen LogP contribution in [0.5, 0.6) is 0 Å². The molecule has 0 amide bonds. The van der Waals surface area contributed by atoms with E-state index in [0.717, 1.165) is 44.7 Å². The molecule has 36 heavy (non-hydrogen) atoms. The molecule has 3 heterocycles. The molecule has 1 unspecified atom stereocenters. The number of nitrogens with one attached hydrogen (secondary N) is 2. The van der Waals surface area contributed by atoms with Crippen molar-refractivity contribution in [1.82, 2.24) is 5.32 Å². The summed E-state index contributed by atoms with van der Waals surface area (Å²) in [6, 6.07) is 28.8. The summed E-state index contributed by atoms with van der Waals surface area (Å²) < 4.78 is 6.11. The van der Waals surface area contributed by atoms with Gasteiger partial charge >= 0.3 is 0 Å². The van der Waals surface area contributed by atoms with Gasteiger partial charge in [0.15, 0.2) is 11.4 Å². The molecule has 0 saturated carbocycles. The van der Waals surface area contributed by atoms with E-state index in [1.807, 2.05) is 30.3 Å². The summed E-state index contributed by atoms with van der Waals surface area (Å²) in [5.74, 6) is 2.12. The van der Waals surface area contributed by atoms with E-state index in [2.05, 4.69) is 77.4 Å². The number of fused-ring (bicyclic) bond motifs is 4. The van der Waals surface area contributed by atoms with Crippen molar-refractivity contribution in [3.8, 4) is 0 Å². The number of halogens is 1. The summed E-state index contributed by atoms with van der Waals surface area (Å²) in [6.45, 7) is 0.713. The fraction of sp³-hybridized carbons (Fsp3) is 0.0667. The van der Waals surface area contributed by atoms with E-state index in [1.165, 1.54) is 5.39 Å². The summed E-state index contributed by atoms with van der Waals surface area (Å²) in [4.78, 5) is 10.1. The quantitative estimate of drug-likeness (QED) is 0.283. The van der Waals surface area contributed by atoms with E-state index >= 15 is 0 Å². The van der Waals surface area contributed by atoms with E-state index in [-0.39, 0.29) is 6.17 Å². The van der Waals surface area contributed by atoms with Crippen molar-refractivity contribution in [2.45, 2.75) is 6.17 Å². The molecule has 2 aliphatic heterocycles. The molecular formula is C30H21ClN4O. The minimum Gasteiger partial charge on any atom is -0.438 e. The average molecular weight is 489 g/mol. The molecule has 0 fully saturated rings. The van der Waals surface area contributed by atoms with Gasteiger partial charge in [-0.15, -0.1) is 0 Å². The van der Waals surface area contributed by atoms with Crippen LogP contribution in [0.4, 0.5) is 5.88 Å². The number of hydrogen-bond acceptors (Lipinski definition) is 5. The first kappa shape index (κ1) is 21.0. The van der Waals surface area contributed by atoms with Gasteiger partial charge in [0.05, 0.1) is 5.02 Å². The topological polar surface area (TPSA) is 61.9 Å². The molecule has 174 valence electrons. The second kappa shape index (κ2) is 8.40. The lowest BCUT2D eigenvalue weighted by Crippen LogP contribution is -2.33. The Balaban J connectivity index is 1.44. The summed E-state index contributed by atoms with van der Waals surface area (Å²) in [5, 5.41) is 10.7. The van der Waals surface area contributed by atoms with E-state index in [0.29, 0.717) is 23.0 Å². The van der Waals surface area contributed by atoms with Crippen molar-refractivity contribution in [2.75, 3.05) is 11.9 Å². The fourth-order valence-electron chi connectivity index (χ4n) is 4.86. The molecule has 2 N–H and O–H groups in total. The lowest BCUT2D eigenvalue weighted by atomic mass is 10.0. The van der Waals surface area contributed by atoms with Crippen molar-refractivity contribution in [3.63, 3.8) is 0 Å². The number of nitrogens with zero attached hydrogens (tertiary/aromatic N) is 2. The molecule has 2 aliphatic rings. The number of furan rings is 1. The van der Waals surface area contributed by atoms with Crippen LogP contribution >= 0.6 is 11.6 Å². The van der Waals surface area contributed by atoms with Crippen molar-refractivity contribution < 1.29 is 4.42 Å². The molecule has 4 aromatic carbocycles. The van der Waals surface area contributed by atoms with E-state index in [4.69, 9.17) is 26.0 Å². The Morgan fingerprint density at radius 1 is 0.889 bits per heavy atom. The average Bonchev–Trinajstić information content (AvgIpc) is 3.34. The van der Waals surface area contributed by atoms with Crippen LogP contribution in [0.25, 0.3) is 27.8 Å². The standard InChI is InChI=1S/C30H21ClN4O/c31-24-15-14-22(25-23-11-6-16-32-30(23)36-26(24)25)29-34-27(19-8-2-1-3-9-19)33-28(35-29)21-13-12-18-7-4-5-10-20(18)17-21/h1-15,17,27,32H,16H2,(H,33,34,35). The number of rotatable bonds is 3. The second-order valence-electron chi connectivity index (χ2n) is 8.86. The van der Waals surface area contributed by atoms with Crippen LogP contribution in [-0.2, 0) is 0 Å². The van der Waals surface area contributed by atoms with Crippen LogP contribution in [0, 0.1) is 0 Å². The molecule has 0 spiro atoms. The van der Waals surface area contributed by atoms with Gasteiger partial charge in [0.1, 0.15) is 12.0 Å². The molecule has 0 saturated heterocycles. The lowest BCUT2D eigenvalue weighted by molar-refractivity contribution is 0.628. The maximum Gasteiger partial charge on any atom is 0.201 e. The van der Waals surface area contributed by atoms with Gasteiger partial charge in [0, 0.05) is 28.6 Å². The molecule has 0 aliphatic carbocycles. The monoisotopic (exact) mass is 488 g/mol. The predicted molar refractivity (Wildman–Crippen MR) is 148 cm³/mol. The molecule has 7 rings (SSSR count). The Kier molecular flexibility index (Phi) is 4.89. The van der Waals surface area contributed by atoms with Gasteiger partial charge in [0.25, 0.3) is 0 Å². The minimum atomic E-state index is -0.290. The number of benzene rings is 4. The molecule has 5 nitrogen and oxygen atoms in total. The number of anilines is 1. The van der Waals surface area contributed by atoms with Crippen LogP contribution < -0.4 is 10.6 Å². The zero-order valence-electron chi connectivity index (χ0n) is 19.2. The molecule has 1 aromatic heterocycles. The first-order valence-electron chi connectivity index (χ1n) is 11.9. The largest absolute Gasteiger partial charge is 0.438 e. The first-order chi connectivity index (χ1) is 17.7. The fourth-order valence-corrected chi connectivity index (χ4v) is 5.05. The van der Waals surface area contributed by atoms with Crippen LogP contribution in [0.1, 0.15) is 28.4 Å². The van der Waals surface area contributed by atoms with Gasteiger partial charge in [-0.05, 0) is 34.5 Å². The van der Waals surface area contributed by atoms with E-state index in [9.17, 15) is 0 Å². The third kappa shape index (κ3) is 3.48. The van der Waals surface area contributed by atoms with Crippen LogP contribution in [0.2, 0.25) is 5.02 Å². The Morgan fingerprint density at radius 3 is 2.61 bits per heavy atom. The first-order valence-corrected chi connectivity index (χ1v) is 12.3. The van der Waals surface area contributed by atoms with Crippen molar-refractivity contribution in [1.29, 1.82) is 0 Å². The highest BCUT2D eigenvalue weighted by Gasteiger charge is 2.26. The zero-order valence-corrected chi connectivity index (χ0v) is 20.0. The second-order valence-corrected chi connectivity index (χ2v) is 9.27. The van der Waals surface area contributed by atoms with Crippen LogP contribution in [-0.4, -0.2) is 18.2 Å². The highest BCUT2D eigenvalue weighted by atomic mass is 35.5. The van der Waals surface area contributed by atoms with E-state index in [1.54, 1.807) is 0 Å². The van der Waals surface area contributed by atoms with Crippen LogP contribution in [0.3, 0.4) is 0 Å². The number of aliphatic imine (C=N–C) groups is 2. The molecule has 1 atom stereocenters. The minimum absolute atomic E-state index is 0.290. The third-order valence-corrected chi connectivity index (χ3v) is 6.91. The van der Waals surface area contributed by atoms with Gasteiger partial charge in [-0.3, -0.25) is 0 Å². The van der Waals surface area contributed by atoms with Gasteiger partial charge < -0.3 is 15.1 Å². The van der Waals surface area contributed by atoms with Gasteiger partial charge in [-0.25, -0.2) is 9.98 Å². The normalized spacial score (nSPS) is 16.8. The summed E-state index contributed by atoms with van der Waals surface area (Å²) >= 11 is 6.56. The Hall–Kier alpha value is -4.35. The summed E-state index contributed by atoms with van der Waals surface area (Å²) in [7, 11) is 0. The third-order valence-electron chi connectivity index (χ3n) is 6.61. The number of amidine groups is 2. The summed E-state index contributed by atoms with van der Waals surface area (Å²) in [5.41, 5.74) is 4.55. The Morgan fingerprint density at radius 2 is 1.72 bits per heavy atom. The molecule has 0 bridgehead atoms. The molecule has 6 heteroatoms. The predicted octanol–water partition coefficient (Wildman–Crippen LogP) is 7.17. The van der Waals surface area contributed by atoms with Crippen LogP contribution in [0.15, 0.2) is 105 Å². The van der Waals surface area contributed by atoms with Gasteiger partial charge in [0.2, 0.25) is 5.88 Å². The summed E-state index contributed by atoms with van der Waals surface area (Å²) in [6.07, 6.45) is 3.85. The Bertz CT molecular complexity index is 1730. The molecular weight excluding hydrogens is 468 g/mol.